The normalized spacial score (nSPS) is 33.6. The molecule has 5 atom stereocenters. The highest BCUT2D eigenvalue weighted by atomic mass is 16.6. The molecule has 8 nitrogen and oxygen atoms in total. The molecular weight excluding hydrogens is 484 g/mol. The van der Waals surface area contributed by atoms with E-state index in [1.807, 2.05) is 63.3 Å². The fourth-order valence-corrected chi connectivity index (χ4v) is 6.67. The first-order valence-corrected chi connectivity index (χ1v) is 13.8. The number of aryl methyl sites for hydroxylation is 2. The quantitative estimate of drug-likeness (QED) is 0.350. The third-order valence-electron chi connectivity index (χ3n) is 8.46. The summed E-state index contributed by atoms with van der Waals surface area (Å²) in [5.41, 5.74) is 0.433. The SMILES string of the molecule is Cc1ccc(C)c(N2CC=C[C@]34O[C@]5(C)/C=C\CCCOC(=O)[C@@H]5[C@H]3C(=O)N(CCCCCO)C4C2=O)c1. The van der Waals surface area contributed by atoms with Crippen LogP contribution in [-0.2, 0) is 23.9 Å². The highest BCUT2D eigenvalue weighted by Crippen LogP contribution is 2.57. The van der Waals surface area contributed by atoms with Gasteiger partial charge in [0, 0.05) is 25.4 Å². The lowest BCUT2D eigenvalue weighted by Gasteiger charge is -2.37. The minimum atomic E-state index is -1.29. The van der Waals surface area contributed by atoms with Gasteiger partial charge in [-0.15, -0.1) is 0 Å². The third kappa shape index (κ3) is 4.28. The Kier molecular flexibility index (Phi) is 7.22. The standard InChI is InChI=1S/C30H38N2O6/c1-20-11-12-21(2)22(19-20)31-16-10-14-30-23(24-28(36)37-18-9-4-6-13-29(24,3)38-30)26(34)32(25(30)27(31)35)15-7-5-8-17-33/h6,10-14,19,23-25,33H,4-5,7-9,15-18H2,1-3H3/b13-6-/t23-,24-,25?,29+,30-/m0/s1. The van der Waals surface area contributed by atoms with Gasteiger partial charge in [0.25, 0.3) is 5.91 Å². The zero-order valence-corrected chi connectivity index (χ0v) is 22.5. The number of hydrogen-bond donors (Lipinski definition) is 1. The predicted molar refractivity (Wildman–Crippen MR) is 142 cm³/mol. The fraction of sp³-hybridized carbons (Fsp3) is 0.567. The van der Waals surface area contributed by atoms with Crippen molar-refractivity contribution in [2.75, 3.05) is 31.2 Å². The number of rotatable bonds is 6. The van der Waals surface area contributed by atoms with Gasteiger partial charge in [-0.3, -0.25) is 14.4 Å². The topological polar surface area (TPSA) is 96.4 Å². The number of aliphatic hydroxyl groups is 1. The van der Waals surface area contributed by atoms with Gasteiger partial charge in [0.05, 0.1) is 18.1 Å². The van der Waals surface area contributed by atoms with Crippen molar-refractivity contribution >= 4 is 23.5 Å². The van der Waals surface area contributed by atoms with Crippen LogP contribution in [0.25, 0.3) is 0 Å². The average molecular weight is 523 g/mol. The van der Waals surface area contributed by atoms with Crippen LogP contribution in [0.1, 0.15) is 50.2 Å². The van der Waals surface area contributed by atoms with Gasteiger partial charge in [-0.2, -0.15) is 0 Å². The Morgan fingerprint density at radius 3 is 2.63 bits per heavy atom. The van der Waals surface area contributed by atoms with Crippen molar-refractivity contribution in [3.8, 4) is 0 Å². The van der Waals surface area contributed by atoms with E-state index in [4.69, 9.17) is 9.47 Å². The molecule has 2 fully saturated rings. The molecular formula is C30H38N2O6. The van der Waals surface area contributed by atoms with E-state index in [1.54, 1.807) is 9.80 Å². The lowest BCUT2D eigenvalue weighted by Crippen LogP contribution is -2.56. The number of anilines is 1. The van der Waals surface area contributed by atoms with Gasteiger partial charge in [-0.25, -0.2) is 0 Å². The maximum atomic E-state index is 14.5. The maximum absolute atomic E-state index is 14.5. The van der Waals surface area contributed by atoms with Crippen molar-refractivity contribution in [2.45, 2.75) is 70.1 Å². The molecule has 2 saturated heterocycles. The number of nitrogens with zero attached hydrogens (tertiary/aromatic N) is 2. The predicted octanol–water partition coefficient (Wildman–Crippen LogP) is 3.23. The summed E-state index contributed by atoms with van der Waals surface area (Å²) in [6.07, 6.45) is 11.1. The molecule has 1 unspecified atom stereocenters. The first kappa shape index (κ1) is 26.6. The largest absolute Gasteiger partial charge is 0.465 e. The molecule has 2 amide bonds. The van der Waals surface area contributed by atoms with Crippen LogP contribution in [0.15, 0.2) is 42.5 Å². The van der Waals surface area contributed by atoms with E-state index in [0.29, 0.717) is 32.4 Å². The number of fused-ring (bicyclic) bond motifs is 2. The minimum Gasteiger partial charge on any atom is -0.465 e. The molecule has 1 aromatic carbocycles. The van der Waals surface area contributed by atoms with Crippen molar-refractivity contribution in [1.29, 1.82) is 0 Å². The second-order valence-corrected chi connectivity index (χ2v) is 11.2. The molecule has 8 heteroatoms. The van der Waals surface area contributed by atoms with Crippen LogP contribution < -0.4 is 4.90 Å². The van der Waals surface area contributed by atoms with Gasteiger partial charge in [-0.05, 0) is 70.1 Å². The second-order valence-electron chi connectivity index (χ2n) is 11.2. The zero-order chi connectivity index (χ0) is 27.1. The summed E-state index contributed by atoms with van der Waals surface area (Å²) in [7, 11) is 0. The molecule has 0 radical (unpaired) electrons. The van der Waals surface area contributed by atoms with E-state index in [2.05, 4.69) is 0 Å². The van der Waals surface area contributed by atoms with Gasteiger partial charge in [-0.1, -0.05) is 36.4 Å². The van der Waals surface area contributed by atoms with Crippen molar-refractivity contribution in [3.63, 3.8) is 0 Å². The summed E-state index contributed by atoms with van der Waals surface area (Å²) in [4.78, 5) is 45.5. The molecule has 1 spiro atoms. The zero-order valence-electron chi connectivity index (χ0n) is 22.5. The Hall–Kier alpha value is -2.97. The summed E-state index contributed by atoms with van der Waals surface area (Å²) in [6, 6.07) is 5.09. The number of amides is 2. The highest BCUT2D eigenvalue weighted by Gasteiger charge is 2.74. The number of cyclic esters (lactones) is 1. The van der Waals surface area contributed by atoms with E-state index >= 15 is 0 Å². The molecule has 5 rings (SSSR count). The number of benzene rings is 1. The van der Waals surface area contributed by atoms with Crippen LogP contribution in [0.4, 0.5) is 5.69 Å². The highest BCUT2D eigenvalue weighted by molar-refractivity contribution is 6.06. The van der Waals surface area contributed by atoms with E-state index in [-0.39, 0.29) is 25.0 Å². The molecule has 0 aromatic heterocycles. The minimum absolute atomic E-state index is 0.0771. The third-order valence-corrected chi connectivity index (χ3v) is 8.46. The molecule has 0 aliphatic carbocycles. The first-order valence-electron chi connectivity index (χ1n) is 13.8. The van der Waals surface area contributed by atoms with Crippen LogP contribution in [-0.4, -0.2) is 71.3 Å². The molecule has 4 aliphatic heterocycles. The second kappa shape index (κ2) is 10.3. The summed E-state index contributed by atoms with van der Waals surface area (Å²) in [5.74, 6) is -2.65. The molecule has 4 heterocycles. The summed E-state index contributed by atoms with van der Waals surface area (Å²) < 4.78 is 12.4. The van der Waals surface area contributed by atoms with Crippen LogP contribution in [0.2, 0.25) is 0 Å². The van der Waals surface area contributed by atoms with E-state index in [0.717, 1.165) is 29.7 Å². The smallest absolute Gasteiger partial charge is 0.313 e. The number of carbonyl (C=O) groups excluding carboxylic acids is 3. The Morgan fingerprint density at radius 2 is 1.84 bits per heavy atom. The van der Waals surface area contributed by atoms with E-state index < -0.39 is 35.0 Å². The molecule has 38 heavy (non-hydrogen) atoms. The number of esters is 1. The number of likely N-dealkylation sites (tertiary alicyclic amines) is 1. The number of hydrogen-bond acceptors (Lipinski definition) is 6. The van der Waals surface area contributed by atoms with Crippen molar-refractivity contribution in [3.05, 3.63) is 53.6 Å². The van der Waals surface area contributed by atoms with E-state index in [9.17, 15) is 19.5 Å². The van der Waals surface area contributed by atoms with Gasteiger partial charge in [0.1, 0.15) is 17.6 Å². The van der Waals surface area contributed by atoms with Crippen LogP contribution in [0.5, 0.6) is 0 Å². The lowest BCUT2D eigenvalue weighted by molar-refractivity contribution is -0.158. The molecule has 1 aromatic rings. The molecule has 4 aliphatic rings. The van der Waals surface area contributed by atoms with Crippen molar-refractivity contribution < 1.29 is 29.0 Å². The molecule has 0 saturated carbocycles. The molecule has 0 bridgehead atoms. The van der Waals surface area contributed by atoms with Crippen molar-refractivity contribution in [2.24, 2.45) is 11.8 Å². The number of aliphatic hydroxyl groups excluding tert-OH is 1. The van der Waals surface area contributed by atoms with Gasteiger partial charge in [0.15, 0.2) is 0 Å². The Morgan fingerprint density at radius 1 is 1.03 bits per heavy atom. The fourth-order valence-electron chi connectivity index (χ4n) is 6.67. The lowest BCUT2D eigenvalue weighted by atomic mass is 9.74. The Labute approximate surface area is 224 Å². The Balaban J connectivity index is 1.61. The number of ether oxygens (including phenoxy) is 2. The molecule has 204 valence electrons. The maximum Gasteiger partial charge on any atom is 0.313 e. The number of unbranched alkanes of at least 4 members (excludes halogenated alkanes) is 2. The van der Waals surface area contributed by atoms with Crippen molar-refractivity contribution in [1.82, 2.24) is 4.90 Å². The van der Waals surface area contributed by atoms with Crippen LogP contribution >= 0.6 is 0 Å². The van der Waals surface area contributed by atoms with Gasteiger partial charge in [0.2, 0.25) is 5.91 Å². The van der Waals surface area contributed by atoms with Gasteiger partial charge >= 0.3 is 5.97 Å². The molecule has 1 N–H and O–H groups in total. The number of carbonyl (C=O) groups is 3. The van der Waals surface area contributed by atoms with E-state index in [1.165, 1.54) is 0 Å². The first-order chi connectivity index (χ1) is 18.2. The average Bonchev–Trinajstić information content (AvgIpc) is 3.23. The van der Waals surface area contributed by atoms with Gasteiger partial charge < -0.3 is 24.4 Å². The summed E-state index contributed by atoms with van der Waals surface area (Å²) in [5, 5.41) is 9.25. The Bertz CT molecular complexity index is 1180. The van der Waals surface area contributed by atoms with Crippen LogP contribution in [0.3, 0.4) is 0 Å². The monoisotopic (exact) mass is 522 g/mol. The van der Waals surface area contributed by atoms with Crippen LogP contribution in [0, 0.1) is 25.7 Å². The summed E-state index contributed by atoms with van der Waals surface area (Å²) >= 11 is 0. The summed E-state index contributed by atoms with van der Waals surface area (Å²) in [6.45, 7) is 6.84. The number of allylic oxidation sites excluding steroid dienone is 1.